The smallest absolute Gasteiger partial charge is 0.416 e. The molecular formula is C24H21F5N2O4. The Kier molecular flexibility index (Phi) is 6.20. The molecule has 0 radical (unpaired) electrons. The summed E-state index contributed by atoms with van der Waals surface area (Å²) in [6.07, 6.45) is -5.65. The zero-order chi connectivity index (χ0) is 25.5. The molecule has 1 aliphatic rings. The molecular weight excluding hydrogens is 475 g/mol. The van der Waals surface area contributed by atoms with Crippen molar-refractivity contribution >= 4 is 28.5 Å². The maximum atomic E-state index is 13.6. The average molecular weight is 496 g/mol. The molecule has 4 rings (SSSR count). The number of fused-ring (bicyclic) bond motifs is 1. The summed E-state index contributed by atoms with van der Waals surface area (Å²) >= 11 is 0. The third kappa shape index (κ3) is 5.08. The number of hydrogen-bond acceptors (Lipinski definition) is 5. The monoisotopic (exact) mass is 496 g/mol. The van der Waals surface area contributed by atoms with Crippen molar-refractivity contribution in [2.75, 3.05) is 23.3 Å². The van der Waals surface area contributed by atoms with E-state index in [0.29, 0.717) is 6.07 Å². The summed E-state index contributed by atoms with van der Waals surface area (Å²) in [5, 5.41) is 12.0. The van der Waals surface area contributed by atoms with E-state index in [1.165, 1.54) is 30.0 Å². The standard InChI is InChI=1S/C24H21F5N2O4/c1-13(30-18-5-3-2-4-15(18)22(33)34)16-10-14(24(27,28)29)11-17-19(32)12-20(35-21(16)17)31-8-6-23(25,26)7-9-31/h2-5,10-13,30H,6-9H2,1H3,(H,33,34). The fourth-order valence-corrected chi connectivity index (χ4v) is 4.07. The molecule has 1 fully saturated rings. The third-order valence-corrected chi connectivity index (χ3v) is 5.97. The van der Waals surface area contributed by atoms with Crippen molar-refractivity contribution in [1.29, 1.82) is 0 Å². The van der Waals surface area contributed by atoms with Crippen LogP contribution in [0.4, 0.5) is 33.5 Å². The quantitative estimate of drug-likeness (QED) is 0.427. The fourth-order valence-electron chi connectivity index (χ4n) is 4.07. The second kappa shape index (κ2) is 8.86. The molecule has 1 aliphatic heterocycles. The predicted octanol–water partition coefficient (Wildman–Crippen LogP) is 5.92. The summed E-state index contributed by atoms with van der Waals surface area (Å²) in [5.74, 6) is -4.09. The van der Waals surface area contributed by atoms with Crippen LogP contribution in [0.15, 0.2) is 51.7 Å². The number of benzene rings is 2. The van der Waals surface area contributed by atoms with Crippen LogP contribution in [-0.2, 0) is 6.18 Å². The number of rotatable bonds is 5. The summed E-state index contributed by atoms with van der Waals surface area (Å²) in [6, 6.07) is 7.49. The highest BCUT2D eigenvalue weighted by atomic mass is 19.4. The molecule has 35 heavy (non-hydrogen) atoms. The van der Waals surface area contributed by atoms with E-state index in [2.05, 4.69) is 5.32 Å². The van der Waals surface area contributed by atoms with Gasteiger partial charge in [-0.05, 0) is 31.2 Å². The maximum Gasteiger partial charge on any atom is 0.416 e. The Morgan fingerprint density at radius 1 is 1.14 bits per heavy atom. The lowest BCUT2D eigenvalue weighted by atomic mass is 9.99. The maximum absolute atomic E-state index is 13.6. The van der Waals surface area contributed by atoms with Gasteiger partial charge in [0.15, 0.2) is 11.3 Å². The van der Waals surface area contributed by atoms with Crippen LogP contribution >= 0.6 is 0 Å². The Hall–Kier alpha value is -3.63. The van der Waals surface area contributed by atoms with Crippen LogP contribution in [0.5, 0.6) is 0 Å². The van der Waals surface area contributed by atoms with Crippen LogP contribution in [-0.4, -0.2) is 30.1 Å². The van der Waals surface area contributed by atoms with Gasteiger partial charge in [-0.25, -0.2) is 13.6 Å². The molecule has 6 nitrogen and oxygen atoms in total. The predicted molar refractivity (Wildman–Crippen MR) is 119 cm³/mol. The van der Waals surface area contributed by atoms with Crippen molar-refractivity contribution in [3.63, 3.8) is 0 Å². The first-order chi connectivity index (χ1) is 16.4. The van der Waals surface area contributed by atoms with Gasteiger partial charge in [0.25, 0.3) is 5.92 Å². The molecule has 3 aromatic rings. The number of nitrogens with zero attached hydrogens (tertiary/aromatic N) is 1. The van der Waals surface area contributed by atoms with Crippen LogP contribution in [0.1, 0.15) is 47.3 Å². The van der Waals surface area contributed by atoms with E-state index in [1.807, 2.05) is 0 Å². The summed E-state index contributed by atoms with van der Waals surface area (Å²) in [4.78, 5) is 25.8. The van der Waals surface area contributed by atoms with Crippen LogP contribution in [0.3, 0.4) is 0 Å². The van der Waals surface area contributed by atoms with Gasteiger partial charge in [-0.15, -0.1) is 0 Å². The molecule has 1 atom stereocenters. The number of nitrogens with one attached hydrogen (secondary N) is 1. The van der Waals surface area contributed by atoms with E-state index in [-0.39, 0.29) is 46.8 Å². The number of halogens is 5. The van der Waals surface area contributed by atoms with Crippen LogP contribution < -0.4 is 15.6 Å². The van der Waals surface area contributed by atoms with Gasteiger partial charge in [0, 0.05) is 43.2 Å². The fraction of sp³-hybridized carbons (Fsp3) is 0.333. The first-order valence-corrected chi connectivity index (χ1v) is 10.8. The second-order valence-corrected chi connectivity index (χ2v) is 8.45. The van der Waals surface area contributed by atoms with Gasteiger partial charge in [0.05, 0.1) is 22.6 Å². The molecule has 11 heteroatoms. The Labute approximate surface area is 196 Å². The topological polar surface area (TPSA) is 82.8 Å². The van der Waals surface area contributed by atoms with Crippen molar-refractivity contribution in [2.45, 2.75) is 37.9 Å². The number of piperidine rings is 1. The molecule has 0 amide bonds. The van der Waals surface area contributed by atoms with E-state index in [9.17, 15) is 36.6 Å². The Bertz CT molecular complexity index is 1330. The summed E-state index contributed by atoms with van der Waals surface area (Å²) in [6.45, 7) is 1.33. The summed E-state index contributed by atoms with van der Waals surface area (Å²) < 4.78 is 73.9. The Morgan fingerprint density at radius 2 is 1.80 bits per heavy atom. The molecule has 1 saturated heterocycles. The van der Waals surface area contributed by atoms with Gasteiger partial charge in [0.1, 0.15) is 5.58 Å². The van der Waals surface area contributed by atoms with E-state index in [4.69, 9.17) is 4.42 Å². The number of carbonyl (C=O) groups is 1. The van der Waals surface area contributed by atoms with Crippen LogP contribution in [0, 0.1) is 0 Å². The molecule has 1 aromatic heterocycles. The van der Waals surface area contributed by atoms with Crippen molar-refractivity contribution in [2.24, 2.45) is 0 Å². The lowest BCUT2D eigenvalue weighted by Gasteiger charge is -2.32. The zero-order valence-electron chi connectivity index (χ0n) is 18.5. The minimum atomic E-state index is -4.76. The highest BCUT2D eigenvalue weighted by Gasteiger charge is 2.36. The molecule has 2 heterocycles. The SMILES string of the molecule is CC(Nc1ccccc1C(=O)O)c1cc(C(F)(F)F)cc2c(=O)cc(N3CCC(F)(F)CC3)oc12. The number of para-hydroxylation sites is 1. The molecule has 0 saturated carbocycles. The van der Waals surface area contributed by atoms with Crippen LogP contribution in [0.25, 0.3) is 11.0 Å². The minimum Gasteiger partial charge on any atom is -0.478 e. The number of aromatic carboxylic acids is 1. The Balaban J connectivity index is 1.83. The summed E-state index contributed by atoms with van der Waals surface area (Å²) in [5.41, 5.74) is -1.91. The van der Waals surface area contributed by atoms with E-state index in [0.717, 1.165) is 12.1 Å². The molecule has 0 spiro atoms. The average Bonchev–Trinajstić information content (AvgIpc) is 2.78. The molecule has 2 N–H and O–H groups in total. The van der Waals surface area contributed by atoms with Gasteiger partial charge in [0.2, 0.25) is 0 Å². The minimum absolute atomic E-state index is 0.0165. The first kappa shape index (κ1) is 24.5. The number of alkyl halides is 5. The highest BCUT2D eigenvalue weighted by Crippen LogP contribution is 2.37. The largest absolute Gasteiger partial charge is 0.478 e. The summed E-state index contributed by atoms with van der Waals surface area (Å²) in [7, 11) is 0. The van der Waals surface area contributed by atoms with Crippen LogP contribution in [0.2, 0.25) is 0 Å². The number of carboxylic acid groups (broad SMARTS) is 1. The molecule has 2 aromatic carbocycles. The van der Waals surface area contributed by atoms with Crippen molar-refractivity contribution in [3.8, 4) is 0 Å². The third-order valence-electron chi connectivity index (χ3n) is 5.97. The van der Waals surface area contributed by atoms with E-state index < -0.39 is 47.9 Å². The number of anilines is 2. The van der Waals surface area contributed by atoms with Gasteiger partial charge < -0.3 is 19.7 Å². The number of carboxylic acids is 1. The van der Waals surface area contributed by atoms with Crippen molar-refractivity contribution < 1.29 is 36.3 Å². The lowest BCUT2D eigenvalue weighted by Crippen LogP contribution is -2.39. The van der Waals surface area contributed by atoms with Gasteiger partial charge >= 0.3 is 12.1 Å². The number of hydrogen-bond donors (Lipinski definition) is 2. The van der Waals surface area contributed by atoms with E-state index in [1.54, 1.807) is 6.07 Å². The Morgan fingerprint density at radius 3 is 2.43 bits per heavy atom. The second-order valence-electron chi connectivity index (χ2n) is 8.45. The molecule has 1 unspecified atom stereocenters. The molecule has 0 bridgehead atoms. The lowest BCUT2D eigenvalue weighted by molar-refractivity contribution is -0.137. The highest BCUT2D eigenvalue weighted by molar-refractivity contribution is 5.94. The van der Waals surface area contributed by atoms with Gasteiger partial charge in [-0.1, -0.05) is 12.1 Å². The zero-order valence-corrected chi connectivity index (χ0v) is 18.5. The van der Waals surface area contributed by atoms with Gasteiger partial charge in [-0.2, -0.15) is 13.2 Å². The van der Waals surface area contributed by atoms with E-state index >= 15 is 0 Å². The first-order valence-electron chi connectivity index (χ1n) is 10.8. The molecule has 0 aliphatic carbocycles. The van der Waals surface area contributed by atoms with Crippen molar-refractivity contribution in [1.82, 2.24) is 0 Å². The van der Waals surface area contributed by atoms with Crippen molar-refractivity contribution in [3.05, 3.63) is 69.4 Å². The van der Waals surface area contributed by atoms with Gasteiger partial charge in [-0.3, -0.25) is 4.79 Å². The normalized spacial score (nSPS) is 16.8. The molecule has 186 valence electrons.